The number of urea groups is 1. The Morgan fingerprint density at radius 2 is 2.00 bits per heavy atom. The molecule has 0 bridgehead atoms. The van der Waals surface area contributed by atoms with E-state index in [0.29, 0.717) is 37.2 Å². The van der Waals surface area contributed by atoms with Gasteiger partial charge < -0.3 is 19.7 Å². The topological polar surface area (TPSA) is 63.7 Å². The molecule has 2 aliphatic rings. The highest BCUT2D eigenvalue weighted by Gasteiger charge is 2.33. The van der Waals surface area contributed by atoms with Crippen molar-refractivity contribution in [3.8, 4) is 11.5 Å². The quantitative estimate of drug-likeness (QED) is 0.927. The Labute approximate surface area is 146 Å². The number of amides is 2. The Bertz CT molecular complexity index is 747. The van der Waals surface area contributed by atoms with Gasteiger partial charge in [-0.05, 0) is 37.1 Å². The lowest BCUT2D eigenvalue weighted by Crippen LogP contribution is -2.36. The van der Waals surface area contributed by atoms with Gasteiger partial charge in [-0.1, -0.05) is 6.07 Å². The van der Waals surface area contributed by atoms with E-state index in [2.05, 4.69) is 10.3 Å². The smallest absolute Gasteiger partial charge is 0.322 e. The fourth-order valence-corrected chi connectivity index (χ4v) is 2.86. The highest BCUT2D eigenvalue weighted by atomic mass is 16.5. The summed E-state index contributed by atoms with van der Waals surface area (Å²) in [5.74, 6) is 1.40. The molecule has 2 amide bonds. The molecule has 25 heavy (non-hydrogen) atoms. The van der Waals surface area contributed by atoms with Crippen LogP contribution >= 0.6 is 0 Å². The minimum Gasteiger partial charge on any atom is -0.490 e. The van der Waals surface area contributed by atoms with Crippen molar-refractivity contribution in [3.63, 3.8) is 0 Å². The Hall–Kier alpha value is -2.76. The van der Waals surface area contributed by atoms with Crippen LogP contribution in [0.2, 0.25) is 0 Å². The zero-order chi connectivity index (χ0) is 17.1. The number of nitrogens with zero attached hydrogens (tertiary/aromatic N) is 2. The third-order valence-corrected chi connectivity index (χ3v) is 4.31. The fraction of sp³-hybridized carbons (Fsp3) is 0.368. The first kappa shape index (κ1) is 15.7. The molecule has 6 nitrogen and oxygen atoms in total. The summed E-state index contributed by atoms with van der Waals surface area (Å²) in [5, 5.41) is 2.98. The van der Waals surface area contributed by atoms with Crippen molar-refractivity contribution in [1.82, 2.24) is 9.88 Å². The molecule has 0 unspecified atom stereocenters. The van der Waals surface area contributed by atoms with Gasteiger partial charge in [0.2, 0.25) is 0 Å². The number of nitrogens with one attached hydrogen (secondary N) is 1. The molecular formula is C19H21N3O3. The van der Waals surface area contributed by atoms with Gasteiger partial charge in [-0.3, -0.25) is 4.98 Å². The molecule has 130 valence electrons. The van der Waals surface area contributed by atoms with Crippen molar-refractivity contribution in [2.75, 3.05) is 18.5 Å². The molecule has 0 spiro atoms. The van der Waals surface area contributed by atoms with E-state index in [1.54, 1.807) is 6.20 Å². The summed E-state index contributed by atoms with van der Waals surface area (Å²) in [7, 11) is 0. The first-order valence-electron chi connectivity index (χ1n) is 8.67. The van der Waals surface area contributed by atoms with E-state index in [1.807, 2.05) is 41.3 Å². The number of hydrogen-bond acceptors (Lipinski definition) is 4. The predicted octanol–water partition coefficient (Wildman–Crippen LogP) is 3.44. The van der Waals surface area contributed by atoms with Crippen LogP contribution < -0.4 is 14.8 Å². The molecule has 1 aliphatic heterocycles. The van der Waals surface area contributed by atoms with E-state index in [-0.39, 0.29) is 6.03 Å². The van der Waals surface area contributed by atoms with Crippen LogP contribution in [0.15, 0.2) is 42.6 Å². The molecule has 1 N–H and O–H groups in total. The van der Waals surface area contributed by atoms with Crippen LogP contribution in [0.5, 0.6) is 11.5 Å². The van der Waals surface area contributed by atoms with Gasteiger partial charge in [0.1, 0.15) is 0 Å². The van der Waals surface area contributed by atoms with E-state index < -0.39 is 0 Å². The van der Waals surface area contributed by atoms with E-state index in [9.17, 15) is 4.79 Å². The molecule has 0 atom stereocenters. The van der Waals surface area contributed by atoms with Crippen molar-refractivity contribution in [2.24, 2.45) is 0 Å². The Morgan fingerprint density at radius 1 is 1.16 bits per heavy atom. The number of hydrogen-bond donors (Lipinski definition) is 1. The zero-order valence-electron chi connectivity index (χ0n) is 14.0. The normalized spacial score (nSPS) is 16.0. The molecule has 1 aromatic carbocycles. The molecule has 4 rings (SSSR count). The van der Waals surface area contributed by atoms with Gasteiger partial charge >= 0.3 is 6.03 Å². The maximum Gasteiger partial charge on any atom is 0.322 e. The van der Waals surface area contributed by atoms with Crippen molar-refractivity contribution < 1.29 is 14.3 Å². The Balaban J connectivity index is 1.47. The van der Waals surface area contributed by atoms with E-state index in [4.69, 9.17) is 9.47 Å². The maximum atomic E-state index is 12.7. The van der Waals surface area contributed by atoms with Crippen molar-refractivity contribution in [1.29, 1.82) is 0 Å². The van der Waals surface area contributed by atoms with Gasteiger partial charge in [0.05, 0.1) is 25.5 Å². The molecule has 1 saturated carbocycles. The Kier molecular flexibility index (Phi) is 4.41. The molecule has 6 heteroatoms. The van der Waals surface area contributed by atoms with Gasteiger partial charge in [0, 0.05) is 30.4 Å². The largest absolute Gasteiger partial charge is 0.490 e. The van der Waals surface area contributed by atoms with Gasteiger partial charge in [-0.2, -0.15) is 0 Å². The standard InChI is InChI=1S/C19H21N3O3/c23-19(22(16-6-7-16)13-15-4-1-2-9-20-15)21-14-5-8-17-18(12-14)25-11-3-10-24-17/h1-2,4-5,8-9,12,16H,3,6-7,10-11,13H2,(H,21,23). The highest BCUT2D eigenvalue weighted by molar-refractivity contribution is 5.90. The molecule has 1 aromatic heterocycles. The van der Waals surface area contributed by atoms with Crippen LogP contribution in [-0.4, -0.2) is 35.2 Å². The van der Waals surface area contributed by atoms with Crippen molar-refractivity contribution in [3.05, 3.63) is 48.3 Å². The molecule has 1 fully saturated rings. The summed E-state index contributed by atoms with van der Waals surface area (Å²) in [4.78, 5) is 18.9. The van der Waals surface area contributed by atoms with Crippen LogP contribution in [0.3, 0.4) is 0 Å². The van der Waals surface area contributed by atoms with Crippen molar-refractivity contribution in [2.45, 2.75) is 31.8 Å². The van der Waals surface area contributed by atoms with Crippen LogP contribution in [0.4, 0.5) is 10.5 Å². The average Bonchev–Trinajstić information content (AvgIpc) is 3.47. The van der Waals surface area contributed by atoms with Crippen LogP contribution in [-0.2, 0) is 6.54 Å². The third kappa shape index (κ3) is 3.84. The number of ether oxygens (including phenoxy) is 2. The minimum atomic E-state index is -0.109. The lowest BCUT2D eigenvalue weighted by atomic mass is 10.2. The average molecular weight is 339 g/mol. The minimum absolute atomic E-state index is 0.109. The number of aromatic nitrogens is 1. The second-order valence-corrected chi connectivity index (χ2v) is 6.32. The number of anilines is 1. The second kappa shape index (κ2) is 7.01. The molecular weight excluding hydrogens is 318 g/mol. The van der Waals surface area contributed by atoms with Crippen molar-refractivity contribution >= 4 is 11.7 Å². The predicted molar refractivity (Wildman–Crippen MR) is 93.9 cm³/mol. The summed E-state index contributed by atoms with van der Waals surface area (Å²) in [6.07, 6.45) is 4.70. The fourth-order valence-electron chi connectivity index (χ4n) is 2.86. The summed E-state index contributed by atoms with van der Waals surface area (Å²) >= 11 is 0. The molecule has 2 aromatic rings. The first-order valence-corrected chi connectivity index (χ1v) is 8.67. The van der Waals surface area contributed by atoms with E-state index in [1.165, 1.54) is 0 Å². The van der Waals surface area contributed by atoms with Gasteiger partial charge in [-0.25, -0.2) is 4.79 Å². The second-order valence-electron chi connectivity index (χ2n) is 6.32. The number of carbonyl (C=O) groups is 1. The monoisotopic (exact) mass is 339 g/mol. The number of rotatable bonds is 4. The lowest BCUT2D eigenvalue weighted by molar-refractivity contribution is 0.205. The van der Waals surface area contributed by atoms with E-state index in [0.717, 1.165) is 30.7 Å². The van der Waals surface area contributed by atoms with Gasteiger partial charge in [-0.15, -0.1) is 0 Å². The van der Waals surface area contributed by atoms with Gasteiger partial charge in [0.25, 0.3) is 0 Å². The first-order chi connectivity index (χ1) is 12.3. The third-order valence-electron chi connectivity index (χ3n) is 4.31. The zero-order valence-corrected chi connectivity index (χ0v) is 14.0. The molecule has 0 radical (unpaired) electrons. The van der Waals surface area contributed by atoms with Crippen LogP contribution in [0, 0.1) is 0 Å². The summed E-state index contributed by atoms with van der Waals surface area (Å²) in [6.45, 7) is 1.79. The number of pyridine rings is 1. The number of benzene rings is 1. The Morgan fingerprint density at radius 3 is 2.76 bits per heavy atom. The highest BCUT2D eigenvalue weighted by Crippen LogP contribution is 2.33. The van der Waals surface area contributed by atoms with Gasteiger partial charge in [0.15, 0.2) is 11.5 Å². The lowest BCUT2D eigenvalue weighted by Gasteiger charge is -2.22. The van der Waals surface area contributed by atoms with E-state index >= 15 is 0 Å². The molecule has 1 aliphatic carbocycles. The molecule has 2 heterocycles. The SMILES string of the molecule is O=C(Nc1ccc2c(c1)OCCCO2)N(Cc1ccccn1)C1CC1. The van der Waals surface area contributed by atoms with Crippen LogP contribution in [0.1, 0.15) is 25.0 Å². The maximum absolute atomic E-state index is 12.7. The number of carbonyl (C=O) groups excluding carboxylic acids is 1. The summed E-state index contributed by atoms with van der Waals surface area (Å²) in [5.41, 5.74) is 1.60. The van der Waals surface area contributed by atoms with Crippen LogP contribution in [0.25, 0.3) is 0 Å². The summed E-state index contributed by atoms with van der Waals surface area (Å²) < 4.78 is 11.3. The number of fused-ring (bicyclic) bond motifs is 1. The summed E-state index contributed by atoms with van der Waals surface area (Å²) in [6, 6.07) is 11.5. The molecule has 0 saturated heterocycles.